The predicted octanol–water partition coefficient (Wildman–Crippen LogP) is 2.56. The highest BCUT2D eigenvalue weighted by atomic mass is 32.2. The minimum atomic E-state index is 0.521. The van der Waals surface area contributed by atoms with Crippen molar-refractivity contribution >= 4 is 17.7 Å². The molecule has 2 aliphatic rings. The van der Waals surface area contributed by atoms with Gasteiger partial charge < -0.3 is 10.2 Å². The Bertz CT molecular complexity index is 378. The van der Waals surface area contributed by atoms with Crippen LogP contribution in [0.3, 0.4) is 0 Å². The van der Waals surface area contributed by atoms with Crippen molar-refractivity contribution in [2.75, 3.05) is 24.5 Å². The SMILES string of the molecule is CC.CC1CN(c2ncc(SC3CC3)cn2)CCN1. The lowest BCUT2D eigenvalue weighted by molar-refractivity contribution is 0.479. The van der Waals surface area contributed by atoms with Crippen molar-refractivity contribution in [3.05, 3.63) is 12.4 Å². The molecule has 1 saturated carbocycles. The fourth-order valence-electron chi connectivity index (χ4n) is 2.03. The Hall–Kier alpha value is -0.810. The van der Waals surface area contributed by atoms with Gasteiger partial charge in [0.1, 0.15) is 0 Å². The number of piperazine rings is 1. The van der Waals surface area contributed by atoms with Crippen molar-refractivity contribution in [1.29, 1.82) is 0 Å². The number of thioether (sulfide) groups is 1. The van der Waals surface area contributed by atoms with Crippen molar-refractivity contribution in [1.82, 2.24) is 15.3 Å². The van der Waals surface area contributed by atoms with E-state index in [2.05, 4.69) is 27.1 Å². The fraction of sp³-hybridized carbons (Fsp3) is 0.714. The molecule has 3 rings (SSSR count). The first-order chi connectivity index (χ1) is 9.31. The van der Waals surface area contributed by atoms with E-state index in [-0.39, 0.29) is 0 Å². The van der Waals surface area contributed by atoms with Gasteiger partial charge in [0.2, 0.25) is 5.95 Å². The van der Waals surface area contributed by atoms with Gasteiger partial charge in [-0.25, -0.2) is 9.97 Å². The lowest BCUT2D eigenvalue weighted by Crippen LogP contribution is -2.49. The molecule has 0 amide bonds. The van der Waals surface area contributed by atoms with Gasteiger partial charge in [-0.05, 0) is 19.8 Å². The van der Waals surface area contributed by atoms with Crippen LogP contribution in [0.25, 0.3) is 0 Å². The van der Waals surface area contributed by atoms with E-state index in [0.29, 0.717) is 6.04 Å². The van der Waals surface area contributed by atoms with Crippen molar-refractivity contribution < 1.29 is 0 Å². The Labute approximate surface area is 120 Å². The quantitative estimate of drug-likeness (QED) is 0.921. The van der Waals surface area contributed by atoms with Gasteiger partial charge in [-0.3, -0.25) is 0 Å². The van der Waals surface area contributed by atoms with Gasteiger partial charge in [0.25, 0.3) is 0 Å². The van der Waals surface area contributed by atoms with E-state index in [1.54, 1.807) is 0 Å². The molecule has 19 heavy (non-hydrogen) atoms. The highest BCUT2D eigenvalue weighted by Gasteiger charge is 2.23. The first-order valence-corrected chi connectivity index (χ1v) is 8.16. The smallest absolute Gasteiger partial charge is 0.225 e. The molecule has 0 spiro atoms. The van der Waals surface area contributed by atoms with E-state index in [0.717, 1.165) is 30.8 Å². The van der Waals surface area contributed by atoms with E-state index in [4.69, 9.17) is 0 Å². The monoisotopic (exact) mass is 280 g/mol. The van der Waals surface area contributed by atoms with Gasteiger partial charge >= 0.3 is 0 Å². The van der Waals surface area contributed by atoms with Crippen LogP contribution in [0.2, 0.25) is 0 Å². The number of rotatable bonds is 3. The van der Waals surface area contributed by atoms with Gasteiger partial charge in [-0.15, -0.1) is 11.8 Å². The van der Waals surface area contributed by atoms with Crippen LogP contribution in [-0.4, -0.2) is 40.9 Å². The zero-order valence-electron chi connectivity index (χ0n) is 12.1. The van der Waals surface area contributed by atoms with Crippen molar-refractivity contribution in [2.45, 2.75) is 49.8 Å². The summed E-state index contributed by atoms with van der Waals surface area (Å²) in [4.78, 5) is 12.4. The van der Waals surface area contributed by atoms with Crippen molar-refractivity contribution in [3.8, 4) is 0 Å². The van der Waals surface area contributed by atoms with Gasteiger partial charge in [-0.2, -0.15) is 0 Å². The Balaban J connectivity index is 0.000000637. The van der Waals surface area contributed by atoms with Gasteiger partial charge in [-0.1, -0.05) is 13.8 Å². The average Bonchev–Trinajstić information content (AvgIpc) is 3.26. The summed E-state index contributed by atoms with van der Waals surface area (Å²) in [5, 5.41) is 4.25. The Kier molecular flexibility index (Phi) is 5.45. The summed E-state index contributed by atoms with van der Waals surface area (Å²) in [5.74, 6) is 0.874. The van der Waals surface area contributed by atoms with Crippen LogP contribution >= 0.6 is 11.8 Å². The van der Waals surface area contributed by atoms with Gasteiger partial charge in [0, 0.05) is 48.2 Å². The van der Waals surface area contributed by atoms with Crippen molar-refractivity contribution in [2.24, 2.45) is 0 Å². The Morgan fingerprint density at radius 2 is 1.95 bits per heavy atom. The maximum atomic E-state index is 4.48. The molecule has 0 radical (unpaired) electrons. The highest BCUT2D eigenvalue weighted by Crippen LogP contribution is 2.38. The van der Waals surface area contributed by atoms with E-state index in [1.165, 1.54) is 17.7 Å². The minimum Gasteiger partial charge on any atom is -0.338 e. The van der Waals surface area contributed by atoms with Crippen LogP contribution in [0, 0.1) is 0 Å². The first kappa shape index (κ1) is 14.6. The maximum absolute atomic E-state index is 4.48. The average molecular weight is 280 g/mol. The summed E-state index contributed by atoms with van der Waals surface area (Å²) >= 11 is 1.91. The molecular formula is C14H24N4S. The normalized spacial score (nSPS) is 22.7. The number of aromatic nitrogens is 2. The third-order valence-corrected chi connectivity index (χ3v) is 4.38. The summed E-state index contributed by atoms with van der Waals surface area (Å²) in [7, 11) is 0. The predicted molar refractivity (Wildman–Crippen MR) is 81.9 cm³/mol. The number of nitrogens with zero attached hydrogens (tertiary/aromatic N) is 3. The van der Waals surface area contributed by atoms with Crippen LogP contribution in [0.1, 0.15) is 33.6 Å². The summed E-state index contributed by atoms with van der Waals surface area (Å²) in [6.07, 6.45) is 6.64. The standard InChI is InChI=1S/C12H18N4S.C2H6/c1-9-8-16(5-4-13-9)12-14-6-11(7-15-12)17-10-2-3-10;1-2/h6-7,9-10,13H,2-5,8H2,1H3;1-2H3. The molecule has 1 N–H and O–H groups in total. The minimum absolute atomic E-state index is 0.521. The van der Waals surface area contributed by atoms with E-state index >= 15 is 0 Å². The molecule has 1 aliphatic heterocycles. The molecule has 4 nitrogen and oxygen atoms in total. The largest absolute Gasteiger partial charge is 0.338 e. The zero-order chi connectivity index (χ0) is 13.7. The van der Waals surface area contributed by atoms with Crippen LogP contribution in [0.15, 0.2) is 17.3 Å². The zero-order valence-corrected chi connectivity index (χ0v) is 12.9. The molecule has 1 unspecified atom stereocenters. The fourth-order valence-corrected chi connectivity index (χ4v) is 3.01. The maximum Gasteiger partial charge on any atom is 0.225 e. The van der Waals surface area contributed by atoms with Crippen LogP contribution < -0.4 is 10.2 Å². The van der Waals surface area contributed by atoms with E-state index in [1.807, 2.05) is 38.0 Å². The molecule has 2 fully saturated rings. The molecule has 0 bridgehead atoms. The van der Waals surface area contributed by atoms with Crippen LogP contribution in [0.5, 0.6) is 0 Å². The molecule has 106 valence electrons. The molecule has 1 aliphatic carbocycles. The molecule has 1 saturated heterocycles. The second kappa shape index (κ2) is 7.10. The molecule has 1 aromatic heterocycles. The molecule has 1 aromatic rings. The second-order valence-corrected chi connectivity index (χ2v) is 6.21. The Morgan fingerprint density at radius 1 is 1.26 bits per heavy atom. The van der Waals surface area contributed by atoms with Crippen LogP contribution in [0.4, 0.5) is 5.95 Å². The van der Waals surface area contributed by atoms with E-state index in [9.17, 15) is 0 Å². The summed E-state index contributed by atoms with van der Waals surface area (Å²) in [6.45, 7) is 9.21. The lowest BCUT2D eigenvalue weighted by Gasteiger charge is -2.31. The van der Waals surface area contributed by atoms with Crippen molar-refractivity contribution in [3.63, 3.8) is 0 Å². The van der Waals surface area contributed by atoms with Crippen LogP contribution in [-0.2, 0) is 0 Å². The highest BCUT2D eigenvalue weighted by molar-refractivity contribution is 8.00. The summed E-state index contributed by atoms with van der Waals surface area (Å²) in [6, 6.07) is 0.521. The second-order valence-electron chi connectivity index (χ2n) is 4.84. The Morgan fingerprint density at radius 3 is 2.53 bits per heavy atom. The number of nitrogens with one attached hydrogen (secondary N) is 1. The molecular weight excluding hydrogens is 256 g/mol. The van der Waals surface area contributed by atoms with Gasteiger partial charge in [0.05, 0.1) is 0 Å². The third kappa shape index (κ3) is 4.35. The molecule has 0 aromatic carbocycles. The third-order valence-electron chi connectivity index (χ3n) is 3.09. The first-order valence-electron chi connectivity index (χ1n) is 7.28. The molecule has 2 heterocycles. The topological polar surface area (TPSA) is 41.1 Å². The number of anilines is 1. The summed E-state index contributed by atoms with van der Waals surface area (Å²) in [5.41, 5.74) is 0. The van der Waals surface area contributed by atoms with E-state index < -0.39 is 0 Å². The summed E-state index contributed by atoms with van der Waals surface area (Å²) < 4.78 is 0. The number of hydrogen-bond acceptors (Lipinski definition) is 5. The number of hydrogen-bond donors (Lipinski definition) is 1. The van der Waals surface area contributed by atoms with Gasteiger partial charge in [0.15, 0.2) is 0 Å². The lowest BCUT2D eigenvalue weighted by atomic mass is 10.2. The molecule has 5 heteroatoms. The molecule has 1 atom stereocenters.